The highest BCUT2D eigenvalue weighted by Crippen LogP contribution is 2.18. The van der Waals surface area contributed by atoms with Gasteiger partial charge in [-0.25, -0.2) is 0 Å². The maximum atomic E-state index is 7.25. The fourth-order valence-corrected chi connectivity index (χ4v) is 3.07. The molecule has 0 radical (unpaired) electrons. The normalized spacial score (nSPS) is 11.6. The molecule has 3 nitrogen and oxygen atoms in total. The second-order valence-electron chi connectivity index (χ2n) is 4.60. The van der Waals surface area contributed by atoms with Crippen molar-refractivity contribution in [3.8, 4) is 0 Å². The molecule has 0 saturated carbocycles. The first-order chi connectivity index (χ1) is 7.04. The Balaban J connectivity index is 2.83. The van der Waals surface area contributed by atoms with E-state index in [1.165, 1.54) is 5.19 Å². The van der Waals surface area contributed by atoms with Crippen LogP contribution < -0.4 is 5.19 Å². The average Bonchev–Trinajstić information content (AvgIpc) is 2.55. The Hall–Kier alpha value is -1.60. The van der Waals surface area contributed by atoms with E-state index in [9.17, 15) is 0 Å². The van der Waals surface area contributed by atoms with Crippen LogP contribution in [0.25, 0.3) is 10.4 Å². The zero-order valence-electron chi connectivity index (χ0n) is 9.15. The first-order valence-corrected chi connectivity index (χ1v) is 8.39. The van der Waals surface area contributed by atoms with Crippen molar-refractivity contribution < 1.29 is 0 Å². The third-order valence-corrected chi connectivity index (χ3v) is 4.41. The van der Waals surface area contributed by atoms with Crippen molar-refractivity contribution in [1.29, 1.82) is 0 Å². The highest BCUT2D eigenvalue weighted by atomic mass is 28.3. The predicted octanol–water partition coefficient (Wildman–Crippen LogP) is 2.43. The highest BCUT2D eigenvalue weighted by molar-refractivity contribution is 6.89. The van der Waals surface area contributed by atoms with Crippen LogP contribution in [-0.4, -0.2) is 17.7 Å². The van der Waals surface area contributed by atoms with Gasteiger partial charge in [0.15, 0.2) is 0 Å². The van der Waals surface area contributed by atoms with E-state index in [2.05, 4.69) is 35.7 Å². The fraction of sp³-hybridized carbons (Fsp3) is 0.273. The van der Waals surface area contributed by atoms with E-state index in [0.29, 0.717) is 5.82 Å². The molecule has 2 aromatic rings. The van der Waals surface area contributed by atoms with Gasteiger partial charge in [0.1, 0.15) is 5.52 Å². The van der Waals surface area contributed by atoms with Crippen LogP contribution in [-0.2, 0) is 0 Å². The lowest BCUT2D eigenvalue weighted by atomic mass is 10.4. The van der Waals surface area contributed by atoms with E-state index < -0.39 is 8.07 Å². The molecule has 0 atom stereocenters. The molecule has 2 heterocycles. The minimum atomic E-state index is -1.46. The summed E-state index contributed by atoms with van der Waals surface area (Å²) in [5.74, 6) is 0.685. The molecule has 4 heteroatoms. The Bertz CT molecular complexity index is 543. The molecular formula is C11H13N3Si. The quantitative estimate of drug-likeness (QED) is 0.529. The summed E-state index contributed by atoms with van der Waals surface area (Å²) in [7, 11) is -1.46. The van der Waals surface area contributed by atoms with Gasteiger partial charge in [-0.3, -0.25) is 0 Å². The second-order valence-corrected chi connectivity index (χ2v) is 9.64. The van der Waals surface area contributed by atoms with Crippen LogP contribution in [0.1, 0.15) is 0 Å². The topological polar surface area (TPSA) is 21.7 Å². The van der Waals surface area contributed by atoms with Crippen LogP contribution in [0.4, 0.5) is 5.82 Å². The summed E-state index contributed by atoms with van der Waals surface area (Å²) in [5.41, 5.74) is 1.01. The van der Waals surface area contributed by atoms with Crippen molar-refractivity contribution in [3.05, 3.63) is 35.8 Å². The Morgan fingerprint density at radius 1 is 1.40 bits per heavy atom. The molecule has 0 amide bonds. The SMILES string of the molecule is [C-]#[N+]c1c([Si](C)(C)C)cc2cccnn12. The Kier molecular flexibility index (Phi) is 2.13. The van der Waals surface area contributed by atoms with Gasteiger partial charge >= 0.3 is 0 Å². The molecule has 0 fully saturated rings. The van der Waals surface area contributed by atoms with Gasteiger partial charge in [0.05, 0.1) is 14.3 Å². The zero-order valence-corrected chi connectivity index (χ0v) is 10.2. The number of fused-ring (bicyclic) bond motifs is 1. The summed E-state index contributed by atoms with van der Waals surface area (Å²) in [5, 5.41) is 5.40. The molecule has 0 aliphatic rings. The van der Waals surface area contributed by atoms with Crippen molar-refractivity contribution >= 4 is 24.6 Å². The number of aromatic nitrogens is 2. The maximum Gasteiger partial charge on any atom is 0.255 e. The van der Waals surface area contributed by atoms with Crippen LogP contribution in [0.2, 0.25) is 19.6 Å². The van der Waals surface area contributed by atoms with Gasteiger partial charge in [0.2, 0.25) is 0 Å². The Morgan fingerprint density at radius 3 is 2.73 bits per heavy atom. The van der Waals surface area contributed by atoms with Gasteiger partial charge in [-0.15, -0.1) is 5.10 Å². The molecule has 0 aliphatic carbocycles. The summed E-state index contributed by atoms with van der Waals surface area (Å²) >= 11 is 0. The maximum absolute atomic E-state index is 7.25. The van der Waals surface area contributed by atoms with Crippen LogP contribution in [0.3, 0.4) is 0 Å². The minimum absolute atomic E-state index is 0.685. The summed E-state index contributed by atoms with van der Waals surface area (Å²) in [6.45, 7) is 14.0. The van der Waals surface area contributed by atoms with Crippen LogP contribution in [0, 0.1) is 6.57 Å². The number of nitrogens with zero attached hydrogens (tertiary/aromatic N) is 3. The lowest BCUT2D eigenvalue weighted by molar-refractivity contribution is 0.958. The molecule has 0 saturated heterocycles. The number of rotatable bonds is 1. The van der Waals surface area contributed by atoms with Crippen molar-refractivity contribution in [2.24, 2.45) is 0 Å². The van der Waals surface area contributed by atoms with E-state index >= 15 is 0 Å². The predicted molar refractivity (Wildman–Crippen MR) is 64.4 cm³/mol. The summed E-state index contributed by atoms with van der Waals surface area (Å²) in [6, 6.07) is 6.00. The van der Waals surface area contributed by atoms with Gasteiger partial charge in [-0.05, 0) is 23.4 Å². The molecule has 0 bridgehead atoms. The molecule has 0 N–H and O–H groups in total. The van der Waals surface area contributed by atoms with Gasteiger partial charge in [-0.2, -0.15) is 4.52 Å². The molecule has 0 unspecified atom stereocenters. The standard InChI is InChI=1S/C11H13N3Si/c1-12-11-10(15(2,3)4)8-9-6-5-7-13-14(9)11/h5-8H,2-4H3. The summed E-state index contributed by atoms with van der Waals surface area (Å²) in [6.07, 6.45) is 1.72. The zero-order chi connectivity index (χ0) is 11.1. The molecule has 15 heavy (non-hydrogen) atoms. The van der Waals surface area contributed by atoms with Crippen LogP contribution >= 0.6 is 0 Å². The molecule has 2 rings (SSSR count). The Labute approximate surface area is 90.2 Å². The van der Waals surface area contributed by atoms with Gasteiger partial charge in [0.25, 0.3) is 5.82 Å². The van der Waals surface area contributed by atoms with E-state index in [1.54, 1.807) is 10.7 Å². The third kappa shape index (κ3) is 1.55. The van der Waals surface area contributed by atoms with Crippen LogP contribution in [0.15, 0.2) is 24.4 Å². The molecule has 2 aromatic heterocycles. The summed E-state index contributed by atoms with van der Waals surface area (Å²) < 4.78 is 1.74. The molecular weight excluding hydrogens is 202 g/mol. The number of hydrogen-bond donors (Lipinski definition) is 0. The van der Waals surface area contributed by atoms with Crippen molar-refractivity contribution in [1.82, 2.24) is 9.61 Å². The molecule has 0 spiro atoms. The second kappa shape index (κ2) is 3.21. The lowest BCUT2D eigenvalue weighted by Gasteiger charge is -2.14. The Morgan fingerprint density at radius 2 is 2.13 bits per heavy atom. The largest absolute Gasteiger partial charge is 0.362 e. The van der Waals surface area contributed by atoms with E-state index in [4.69, 9.17) is 6.57 Å². The van der Waals surface area contributed by atoms with Crippen LogP contribution in [0.5, 0.6) is 0 Å². The third-order valence-electron chi connectivity index (χ3n) is 2.43. The number of hydrogen-bond acceptors (Lipinski definition) is 1. The van der Waals surface area contributed by atoms with E-state index in [-0.39, 0.29) is 0 Å². The van der Waals surface area contributed by atoms with Gasteiger partial charge < -0.3 is 4.85 Å². The van der Waals surface area contributed by atoms with E-state index in [0.717, 1.165) is 5.52 Å². The van der Waals surface area contributed by atoms with Crippen molar-refractivity contribution in [3.63, 3.8) is 0 Å². The van der Waals surface area contributed by atoms with Crippen molar-refractivity contribution in [2.45, 2.75) is 19.6 Å². The molecule has 0 aliphatic heterocycles. The van der Waals surface area contributed by atoms with E-state index in [1.807, 2.05) is 12.1 Å². The molecule has 0 aromatic carbocycles. The van der Waals surface area contributed by atoms with Crippen molar-refractivity contribution in [2.75, 3.05) is 0 Å². The highest BCUT2D eigenvalue weighted by Gasteiger charge is 2.24. The molecule has 76 valence electrons. The first kappa shape index (κ1) is 9.93. The fourth-order valence-electron chi connectivity index (χ4n) is 1.66. The first-order valence-electron chi connectivity index (χ1n) is 4.89. The monoisotopic (exact) mass is 215 g/mol. The average molecular weight is 215 g/mol. The summed E-state index contributed by atoms with van der Waals surface area (Å²) in [4.78, 5) is 3.61. The minimum Gasteiger partial charge on any atom is -0.362 e. The lowest BCUT2D eigenvalue weighted by Crippen LogP contribution is -2.36. The van der Waals surface area contributed by atoms with Gasteiger partial charge in [0, 0.05) is 0 Å². The van der Waals surface area contributed by atoms with Gasteiger partial charge in [-0.1, -0.05) is 26.2 Å². The smallest absolute Gasteiger partial charge is 0.255 e.